The Morgan fingerprint density at radius 2 is 1.92 bits per heavy atom. The van der Waals surface area contributed by atoms with Gasteiger partial charge in [0.15, 0.2) is 23.9 Å². The molecule has 0 amide bonds. The zero-order chi connectivity index (χ0) is 17.6. The normalized spacial score (nSPS) is 38.2. The first kappa shape index (κ1) is 16.8. The maximum atomic E-state index is 10.7. The molecule has 0 aromatic carbocycles. The van der Waals surface area contributed by atoms with Gasteiger partial charge in [-0.25, -0.2) is 9.47 Å². The first-order chi connectivity index (χ1) is 12.1. The van der Waals surface area contributed by atoms with Crippen LogP contribution in [-0.4, -0.2) is 68.8 Å². The number of nitrogen functional groups attached to an aromatic ring is 1. The number of nitrogens with two attached hydrogens (primary N) is 1. The third-order valence-corrected chi connectivity index (χ3v) is 5.69. The molecule has 5 N–H and O–H groups in total. The molecule has 3 aliphatic rings. The number of aromatic nitrogens is 2. The van der Waals surface area contributed by atoms with Crippen molar-refractivity contribution in [2.24, 2.45) is 4.99 Å². The number of nitrogens with zero attached hydrogens (tertiary/aromatic N) is 4. The van der Waals surface area contributed by atoms with E-state index in [9.17, 15) is 15.3 Å². The van der Waals surface area contributed by atoms with E-state index in [0.717, 1.165) is 25.7 Å². The minimum Gasteiger partial charge on any atom is -0.394 e. The Hall–Kier alpha value is -1.65. The number of ether oxygens (including phenoxy) is 1. The molecule has 0 spiro atoms. The van der Waals surface area contributed by atoms with Gasteiger partial charge >= 0.3 is 0 Å². The number of quaternary nitrogens is 1. The summed E-state index contributed by atoms with van der Waals surface area (Å²) in [6, 6.07) is 0.109. The highest BCUT2D eigenvalue weighted by molar-refractivity contribution is 5.91. The van der Waals surface area contributed by atoms with E-state index in [1.165, 1.54) is 12.7 Å². The molecule has 9 nitrogen and oxygen atoms in total. The van der Waals surface area contributed by atoms with Crippen molar-refractivity contribution < 1.29 is 20.1 Å². The van der Waals surface area contributed by atoms with Gasteiger partial charge < -0.3 is 25.8 Å². The largest absolute Gasteiger partial charge is 0.394 e. The molecule has 0 radical (unpaired) electrons. The minimum absolute atomic E-state index is 0.0940. The summed E-state index contributed by atoms with van der Waals surface area (Å²) in [4.78, 5) is 12.9. The fraction of sp³-hybridized carbons (Fsp3) is 0.688. The summed E-state index contributed by atoms with van der Waals surface area (Å²) in [7, 11) is 0. The summed E-state index contributed by atoms with van der Waals surface area (Å²) < 4.78 is 6.00. The van der Waals surface area contributed by atoms with Crippen LogP contribution < -0.4 is 10.2 Å². The standard InChI is InChI=1S/C16H24N5O4/c17-14-11-15(19-7-18-14)21(8-20-11,9-4-2-1-3-5-9)16-13(24)12(23)10(6-22)25-16/h7-10,12-13,16,22-24H,1-6H2,(H2,17,18,19)/q+1/t10-,12-,13-,16-,21?/m1/s1. The molecule has 1 saturated carbocycles. The summed E-state index contributed by atoms with van der Waals surface area (Å²) >= 11 is 0. The smallest absolute Gasteiger partial charge is 0.267 e. The molecule has 5 atom stereocenters. The van der Waals surface area contributed by atoms with E-state index in [1.54, 1.807) is 6.34 Å². The first-order valence-electron chi connectivity index (χ1n) is 8.76. The maximum Gasteiger partial charge on any atom is 0.267 e. The van der Waals surface area contributed by atoms with Crippen LogP contribution in [0.1, 0.15) is 32.1 Å². The van der Waals surface area contributed by atoms with E-state index < -0.39 is 24.5 Å². The van der Waals surface area contributed by atoms with Gasteiger partial charge in [-0.2, -0.15) is 9.98 Å². The van der Waals surface area contributed by atoms with Gasteiger partial charge in [-0.05, 0) is 12.8 Å². The van der Waals surface area contributed by atoms with Gasteiger partial charge in [0, 0.05) is 12.8 Å². The number of fused-ring (bicyclic) bond motifs is 1. The number of aliphatic hydroxyl groups is 3. The van der Waals surface area contributed by atoms with E-state index in [0.29, 0.717) is 11.5 Å². The van der Waals surface area contributed by atoms with Crippen LogP contribution in [0.25, 0.3) is 0 Å². The molecule has 3 heterocycles. The zero-order valence-corrected chi connectivity index (χ0v) is 13.9. The van der Waals surface area contributed by atoms with Gasteiger partial charge in [0.05, 0.1) is 6.61 Å². The predicted molar refractivity (Wildman–Crippen MR) is 91.0 cm³/mol. The lowest BCUT2D eigenvalue weighted by Gasteiger charge is -2.43. The Kier molecular flexibility index (Phi) is 4.20. The molecule has 0 bridgehead atoms. The topological polar surface area (TPSA) is 134 Å². The molecule has 25 heavy (non-hydrogen) atoms. The van der Waals surface area contributed by atoms with E-state index in [1.807, 2.05) is 0 Å². The van der Waals surface area contributed by atoms with Gasteiger partial charge in [0.1, 0.15) is 24.6 Å². The van der Waals surface area contributed by atoms with Crippen molar-refractivity contribution in [2.45, 2.75) is 62.7 Å². The van der Waals surface area contributed by atoms with Crippen molar-refractivity contribution in [2.75, 3.05) is 12.3 Å². The van der Waals surface area contributed by atoms with Crippen LogP contribution >= 0.6 is 0 Å². The van der Waals surface area contributed by atoms with Gasteiger partial charge in [-0.15, -0.1) is 0 Å². The van der Waals surface area contributed by atoms with Gasteiger partial charge in [-0.3, -0.25) is 0 Å². The summed E-state index contributed by atoms with van der Waals surface area (Å²) in [5.74, 6) is 0.873. The lowest BCUT2D eigenvalue weighted by molar-refractivity contribution is -0.0812. The van der Waals surface area contributed by atoms with E-state index >= 15 is 0 Å². The van der Waals surface area contributed by atoms with Crippen LogP contribution in [0.4, 0.5) is 17.3 Å². The van der Waals surface area contributed by atoms with Crippen LogP contribution in [0.3, 0.4) is 0 Å². The van der Waals surface area contributed by atoms with E-state index in [-0.39, 0.29) is 22.9 Å². The minimum atomic E-state index is -1.16. The number of aliphatic hydroxyl groups excluding tert-OH is 3. The zero-order valence-electron chi connectivity index (χ0n) is 13.9. The van der Waals surface area contributed by atoms with Crippen molar-refractivity contribution in [3.8, 4) is 0 Å². The average molecular weight is 350 g/mol. The monoisotopic (exact) mass is 350 g/mol. The summed E-state index contributed by atoms with van der Waals surface area (Å²) in [6.07, 6.45) is 4.33. The molecule has 1 aromatic rings. The highest BCUT2D eigenvalue weighted by Crippen LogP contribution is 2.47. The first-order valence-corrected chi connectivity index (χ1v) is 8.76. The number of hydrogen-bond donors (Lipinski definition) is 4. The van der Waals surface area contributed by atoms with Crippen LogP contribution in [-0.2, 0) is 4.74 Å². The Labute approximate surface area is 145 Å². The highest BCUT2D eigenvalue weighted by Gasteiger charge is 2.60. The Morgan fingerprint density at radius 1 is 1.16 bits per heavy atom. The third-order valence-electron chi connectivity index (χ3n) is 5.69. The Balaban J connectivity index is 1.83. The molecule has 1 aliphatic carbocycles. The molecule has 2 fully saturated rings. The second-order valence-electron chi connectivity index (χ2n) is 7.03. The summed E-state index contributed by atoms with van der Waals surface area (Å²) in [5, 5.41) is 30.4. The van der Waals surface area contributed by atoms with Gasteiger partial charge in [0.25, 0.3) is 5.82 Å². The van der Waals surface area contributed by atoms with Crippen LogP contribution in [0.5, 0.6) is 0 Å². The number of hydrogen-bond acceptors (Lipinski definition) is 8. The van der Waals surface area contributed by atoms with Gasteiger partial charge in [-0.1, -0.05) is 6.42 Å². The Bertz CT molecular complexity index is 680. The lowest BCUT2D eigenvalue weighted by Crippen LogP contribution is -2.65. The van der Waals surface area contributed by atoms with E-state index in [4.69, 9.17) is 10.5 Å². The van der Waals surface area contributed by atoms with Crippen molar-refractivity contribution >= 4 is 23.7 Å². The van der Waals surface area contributed by atoms with Crippen LogP contribution in [0.2, 0.25) is 0 Å². The summed E-state index contributed by atoms with van der Waals surface area (Å²) in [5.41, 5.74) is 6.46. The SMILES string of the molecule is Nc1ncnc2c1N=C[N+]2(C1CCCCC1)[C@@H]1O[C@H](CO)[C@@H](O)[C@H]1O. The second-order valence-corrected chi connectivity index (χ2v) is 7.03. The van der Waals surface area contributed by atoms with Crippen molar-refractivity contribution in [3.05, 3.63) is 6.33 Å². The van der Waals surface area contributed by atoms with Gasteiger partial charge in [0.2, 0.25) is 6.23 Å². The predicted octanol–water partition coefficient (Wildman–Crippen LogP) is -0.189. The molecule has 4 rings (SSSR count). The molecular formula is C16H24N5O4+. The molecule has 9 heteroatoms. The molecule has 1 aromatic heterocycles. The van der Waals surface area contributed by atoms with E-state index in [2.05, 4.69) is 15.0 Å². The van der Waals surface area contributed by atoms with Crippen molar-refractivity contribution in [1.29, 1.82) is 0 Å². The second kappa shape index (κ2) is 6.26. The fourth-order valence-corrected chi connectivity index (χ4v) is 4.40. The maximum absolute atomic E-state index is 10.7. The quantitative estimate of drug-likeness (QED) is 0.555. The van der Waals surface area contributed by atoms with Crippen molar-refractivity contribution in [3.63, 3.8) is 0 Å². The molecule has 1 saturated heterocycles. The average Bonchev–Trinajstić information content (AvgIpc) is 3.16. The Morgan fingerprint density at radius 3 is 2.60 bits per heavy atom. The lowest BCUT2D eigenvalue weighted by atomic mass is 9.91. The van der Waals surface area contributed by atoms with Crippen molar-refractivity contribution in [1.82, 2.24) is 14.5 Å². The fourth-order valence-electron chi connectivity index (χ4n) is 4.40. The molecule has 136 valence electrons. The number of anilines is 1. The highest BCUT2D eigenvalue weighted by atomic mass is 16.6. The number of rotatable bonds is 3. The van der Waals surface area contributed by atoms with Crippen LogP contribution in [0.15, 0.2) is 11.3 Å². The van der Waals surface area contributed by atoms with Crippen LogP contribution in [0, 0.1) is 0 Å². The number of aliphatic imine (C=N–C) groups is 1. The molecular weight excluding hydrogens is 326 g/mol. The third kappa shape index (κ3) is 2.38. The molecule has 1 unspecified atom stereocenters. The summed E-state index contributed by atoms with van der Waals surface area (Å²) in [6.45, 7) is -0.366. The molecule has 2 aliphatic heterocycles.